The van der Waals surface area contributed by atoms with Crippen molar-refractivity contribution in [1.29, 1.82) is 0 Å². The summed E-state index contributed by atoms with van der Waals surface area (Å²) in [5, 5.41) is 4.13. The second-order valence-corrected chi connectivity index (χ2v) is 4.72. The molecule has 0 aliphatic carbocycles. The summed E-state index contributed by atoms with van der Waals surface area (Å²) < 4.78 is 1.78. The maximum Gasteiger partial charge on any atom is 0.145 e. The predicted molar refractivity (Wildman–Crippen MR) is 68.0 cm³/mol. The van der Waals surface area contributed by atoms with Crippen LogP contribution in [0.15, 0.2) is 6.20 Å². The molecule has 0 bridgehead atoms. The number of hydrogen-bond donors (Lipinski definition) is 2. The van der Waals surface area contributed by atoms with Crippen LogP contribution >= 0.6 is 0 Å². The number of rotatable bonds is 6. The normalized spacial score (nSPS) is 13.2. The van der Waals surface area contributed by atoms with Gasteiger partial charge in [0.1, 0.15) is 5.82 Å². The molecule has 1 aromatic rings. The molecule has 5 heteroatoms. The Bertz CT molecular complexity index is 318. The number of nitrogen functional groups attached to an aromatic ring is 2. The quantitative estimate of drug-likeness (QED) is 0.758. The lowest BCUT2D eigenvalue weighted by Gasteiger charge is -2.16. The Balaban J connectivity index is 2.28. The SMILES string of the molecule is CC(CCCn1ncc(N)c1N)CN(C)C. The fourth-order valence-electron chi connectivity index (χ4n) is 1.89. The van der Waals surface area contributed by atoms with E-state index in [0.717, 1.165) is 19.5 Å². The van der Waals surface area contributed by atoms with Crippen molar-refractivity contribution >= 4 is 11.5 Å². The van der Waals surface area contributed by atoms with Crippen molar-refractivity contribution in [2.24, 2.45) is 5.92 Å². The zero-order chi connectivity index (χ0) is 12.1. The zero-order valence-corrected chi connectivity index (χ0v) is 10.5. The highest BCUT2D eigenvalue weighted by Crippen LogP contribution is 2.14. The van der Waals surface area contributed by atoms with E-state index in [-0.39, 0.29) is 0 Å². The Hall–Kier alpha value is -1.23. The van der Waals surface area contributed by atoms with E-state index in [1.54, 1.807) is 10.9 Å². The summed E-state index contributed by atoms with van der Waals surface area (Å²) in [6.07, 6.45) is 3.87. The molecule has 1 atom stereocenters. The first kappa shape index (κ1) is 12.8. The average molecular weight is 225 g/mol. The summed E-state index contributed by atoms with van der Waals surface area (Å²) in [6.45, 7) is 4.23. The van der Waals surface area contributed by atoms with Crippen molar-refractivity contribution < 1.29 is 0 Å². The second-order valence-electron chi connectivity index (χ2n) is 4.72. The summed E-state index contributed by atoms with van der Waals surface area (Å²) in [5.74, 6) is 1.28. The van der Waals surface area contributed by atoms with Crippen LogP contribution in [0.3, 0.4) is 0 Å². The van der Waals surface area contributed by atoms with Crippen molar-refractivity contribution in [3.8, 4) is 0 Å². The minimum absolute atomic E-state index is 0.571. The highest BCUT2D eigenvalue weighted by atomic mass is 15.3. The number of aromatic nitrogens is 2. The Morgan fingerprint density at radius 3 is 2.62 bits per heavy atom. The first-order valence-corrected chi connectivity index (χ1v) is 5.72. The predicted octanol–water partition coefficient (Wildman–Crippen LogP) is 1.03. The van der Waals surface area contributed by atoms with Crippen LogP contribution in [-0.2, 0) is 6.54 Å². The van der Waals surface area contributed by atoms with Crippen molar-refractivity contribution in [2.45, 2.75) is 26.3 Å². The smallest absolute Gasteiger partial charge is 0.145 e. The molecule has 0 spiro atoms. The van der Waals surface area contributed by atoms with Gasteiger partial charge in [0.05, 0.1) is 11.9 Å². The molecule has 5 nitrogen and oxygen atoms in total. The van der Waals surface area contributed by atoms with Gasteiger partial charge in [-0.1, -0.05) is 6.92 Å². The highest BCUT2D eigenvalue weighted by Gasteiger charge is 2.06. The second kappa shape index (κ2) is 5.75. The van der Waals surface area contributed by atoms with Gasteiger partial charge in [-0.3, -0.25) is 0 Å². The highest BCUT2D eigenvalue weighted by molar-refractivity contribution is 5.56. The maximum atomic E-state index is 5.77. The number of anilines is 2. The summed E-state index contributed by atoms with van der Waals surface area (Å²) >= 11 is 0. The molecule has 0 radical (unpaired) electrons. The molecule has 0 amide bonds. The van der Waals surface area contributed by atoms with E-state index >= 15 is 0 Å². The molecule has 1 rings (SSSR count). The van der Waals surface area contributed by atoms with E-state index in [1.165, 1.54) is 6.42 Å². The summed E-state index contributed by atoms with van der Waals surface area (Å²) in [6, 6.07) is 0. The molecule has 0 saturated heterocycles. The van der Waals surface area contributed by atoms with Gasteiger partial charge in [-0.2, -0.15) is 5.10 Å². The van der Waals surface area contributed by atoms with E-state index in [2.05, 4.69) is 31.0 Å². The summed E-state index contributed by atoms with van der Waals surface area (Å²) in [7, 11) is 4.20. The zero-order valence-electron chi connectivity index (χ0n) is 10.5. The Kier molecular flexibility index (Phi) is 4.61. The van der Waals surface area contributed by atoms with E-state index in [0.29, 0.717) is 17.4 Å². The summed E-state index contributed by atoms with van der Waals surface area (Å²) in [5.41, 5.74) is 12.0. The first-order chi connectivity index (χ1) is 7.50. The van der Waals surface area contributed by atoms with Crippen molar-refractivity contribution in [2.75, 3.05) is 32.1 Å². The maximum absolute atomic E-state index is 5.77. The number of nitrogens with two attached hydrogens (primary N) is 2. The molecule has 0 fully saturated rings. The van der Waals surface area contributed by atoms with E-state index in [4.69, 9.17) is 11.5 Å². The van der Waals surface area contributed by atoms with Gasteiger partial charge < -0.3 is 16.4 Å². The van der Waals surface area contributed by atoms with Crippen LogP contribution < -0.4 is 11.5 Å². The third-order valence-corrected chi connectivity index (χ3v) is 2.65. The topological polar surface area (TPSA) is 73.1 Å². The van der Waals surface area contributed by atoms with Crippen LogP contribution in [0, 0.1) is 5.92 Å². The molecule has 0 aliphatic rings. The molecular formula is C11H23N5. The third kappa shape index (κ3) is 3.73. The lowest BCUT2D eigenvalue weighted by Crippen LogP contribution is -2.20. The lowest BCUT2D eigenvalue weighted by molar-refractivity contribution is 0.319. The fraction of sp³-hybridized carbons (Fsp3) is 0.727. The number of aryl methyl sites for hydroxylation is 1. The van der Waals surface area contributed by atoms with Crippen molar-refractivity contribution in [3.05, 3.63) is 6.20 Å². The van der Waals surface area contributed by atoms with Crippen LogP contribution in [0.1, 0.15) is 19.8 Å². The van der Waals surface area contributed by atoms with Crippen molar-refractivity contribution in [1.82, 2.24) is 14.7 Å². The van der Waals surface area contributed by atoms with Crippen molar-refractivity contribution in [3.63, 3.8) is 0 Å². The van der Waals surface area contributed by atoms with Gasteiger partial charge in [0.2, 0.25) is 0 Å². The van der Waals surface area contributed by atoms with Gasteiger partial charge in [0.15, 0.2) is 0 Å². The van der Waals surface area contributed by atoms with Gasteiger partial charge in [-0.15, -0.1) is 0 Å². The Labute approximate surface area is 97.4 Å². The Morgan fingerprint density at radius 2 is 2.12 bits per heavy atom. The molecule has 92 valence electrons. The summed E-state index contributed by atoms with van der Waals surface area (Å²) in [4.78, 5) is 2.21. The molecule has 1 aromatic heterocycles. The van der Waals surface area contributed by atoms with Crippen LogP contribution in [0.4, 0.5) is 11.5 Å². The first-order valence-electron chi connectivity index (χ1n) is 5.72. The van der Waals surface area contributed by atoms with Crippen LogP contribution in [-0.4, -0.2) is 35.3 Å². The van der Waals surface area contributed by atoms with Crippen LogP contribution in [0.25, 0.3) is 0 Å². The fourth-order valence-corrected chi connectivity index (χ4v) is 1.89. The molecule has 0 aliphatic heterocycles. The molecular weight excluding hydrogens is 202 g/mol. The monoisotopic (exact) mass is 225 g/mol. The van der Waals surface area contributed by atoms with E-state index in [9.17, 15) is 0 Å². The van der Waals surface area contributed by atoms with E-state index < -0.39 is 0 Å². The lowest BCUT2D eigenvalue weighted by atomic mass is 10.1. The standard InChI is InChI=1S/C11H23N5/c1-9(8-15(2)3)5-4-6-16-11(13)10(12)7-14-16/h7,9H,4-6,8,12-13H2,1-3H3. The molecule has 0 aromatic carbocycles. The van der Waals surface area contributed by atoms with Crippen LogP contribution in [0.2, 0.25) is 0 Å². The minimum atomic E-state index is 0.571. The molecule has 16 heavy (non-hydrogen) atoms. The van der Waals surface area contributed by atoms with Gasteiger partial charge in [0, 0.05) is 13.1 Å². The van der Waals surface area contributed by atoms with Gasteiger partial charge in [-0.25, -0.2) is 4.68 Å². The average Bonchev–Trinajstić information content (AvgIpc) is 2.48. The minimum Gasteiger partial charge on any atom is -0.394 e. The number of hydrogen-bond acceptors (Lipinski definition) is 4. The van der Waals surface area contributed by atoms with Crippen LogP contribution in [0.5, 0.6) is 0 Å². The van der Waals surface area contributed by atoms with Gasteiger partial charge in [-0.05, 0) is 32.9 Å². The number of nitrogens with zero attached hydrogens (tertiary/aromatic N) is 3. The molecule has 1 heterocycles. The molecule has 1 unspecified atom stereocenters. The van der Waals surface area contributed by atoms with Gasteiger partial charge >= 0.3 is 0 Å². The van der Waals surface area contributed by atoms with E-state index in [1.807, 2.05) is 0 Å². The molecule has 0 saturated carbocycles. The Morgan fingerprint density at radius 1 is 1.44 bits per heavy atom. The van der Waals surface area contributed by atoms with Gasteiger partial charge in [0.25, 0.3) is 0 Å². The largest absolute Gasteiger partial charge is 0.394 e. The third-order valence-electron chi connectivity index (χ3n) is 2.65. The molecule has 4 N–H and O–H groups in total.